The van der Waals surface area contributed by atoms with Crippen molar-refractivity contribution in [3.8, 4) is 24.0 Å². The molecule has 2 aromatic carbocycles. The Bertz CT molecular complexity index is 1160. The van der Waals surface area contributed by atoms with Crippen molar-refractivity contribution >= 4 is 0 Å². The molecule has 2 N–H and O–H groups in total. The molecule has 0 fully saturated rings. The molecule has 3 atom stereocenters. The highest BCUT2D eigenvalue weighted by molar-refractivity contribution is 5.54. The number of fused-ring (bicyclic) bond motifs is 1. The third-order valence-electron chi connectivity index (χ3n) is 6.49. The van der Waals surface area contributed by atoms with E-state index in [1.807, 2.05) is 54.7 Å². The minimum atomic E-state index is -1.56. The molecule has 2 aliphatic rings. The molecule has 1 heterocycles. The van der Waals surface area contributed by atoms with Crippen molar-refractivity contribution in [3.05, 3.63) is 89.1 Å². The lowest BCUT2D eigenvalue weighted by Gasteiger charge is -2.47. The van der Waals surface area contributed by atoms with Crippen molar-refractivity contribution in [2.24, 2.45) is 17.1 Å². The lowest BCUT2D eigenvalue weighted by Crippen LogP contribution is -2.53. The van der Waals surface area contributed by atoms with Gasteiger partial charge in [0.25, 0.3) is 0 Å². The van der Waals surface area contributed by atoms with Gasteiger partial charge in [-0.1, -0.05) is 42.5 Å². The molecule has 32 heavy (non-hydrogen) atoms. The predicted molar refractivity (Wildman–Crippen MR) is 119 cm³/mol. The first-order valence-electron chi connectivity index (χ1n) is 10.4. The Morgan fingerprint density at radius 3 is 2.34 bits per heavy atom. The Balaban J connectivity index is 1.83. The summed E-state index contributed by atoms with van der Waals surface area (Å²) in [5.74, 6) is -0.0318. The van der Waals surface area contributed by atoms with E-state index in [1.54, 1.807) is 7.11 Å². The third kappa shape index (κ3) is 3.40. The van der Waals surface area contributed by atoms with Crippen LogP contribution in [-0.2, 0) is 6.54 Å². The Morgan fingerprint density at radius 1 is 1.06 bits per heavy atom. The van der Waals surface area contributed by atoms with E-state index in [2.05, 4.69) is 35.2 Å². The summed E-state index contributed by atoms with van der Waals surface area (Å²) in [5.41, 5.74) is 8.00. The Labute approximate surface area is 188 Å². The van der Waals surface area contributed by atoms with Crippen LogP contribution in [-0.4, -0.2) is 24.6 Å². The molecule has 0 spiro atoms. The van der Waals surface area contributed by atoms with E-state index in [9.17, 15) is 15.8 Å². The molecule has 6 heteroatoms. The lowest BCUT2D eigenvalue weighted by molar-refractivity contribution is 0.211. The zero-order valence-electron chi connectivity index (χ0n) is 17.8. The van der Waals surface area contributed by atoms with Crippen LogP contribution in [0.3, 0.4) is 0 Å². The van der Waals surface area contributed by atoms with Crippen LogP contribution in [0, 0.1) is 45.3 Å². The maximum absolute atomic E-state index is 10.2. The summed E-state index contributed by atoms with van der Waals surface area (Å²) in [7, 11) is 1.59. The smallest absolute Gasteiger partial charge is 0.170 e. The molecule has 6 nitrogen and oxygen atoms in total. The largest absolute Gasteiger partial charge is 0.497 e. The third-order valence-corrected chi connectivity index (χ3v) is 6.49. The highest BCUT2D eigenvalue weighted by Crippen LogP contribution is 2.53. The number of nitriles is 3. The van der Waals surface area contributed by atoms with Crippen LogP contribution in [0.25, 0.3) is 0 Å². The van der Waals surface area contributed by atoms with Gasteiger partial charge >= 0.3 is 0 Å². The first-order valence-corrected chi connectivity index (χ1v) is 10.4. The van der Waals surface area contributed by atoms with E-state index >= 15 is 0 Å². The average molecular weight is 422 g/mol. The molecule has 2 aromatic rings. The van der Waals surface area contributed by atoms with Gasteiger partial charge in [0.2, 0.25) is 0 Å². The van der Waals surface area contributed by atoms with Crippen LogP contribution < -0.4 is 10.5 Å². The van der Waals surface area contributed by atoms with E-state index in [4.69, 9.17) is 10.5 Å². The van der Waals surface area contributed by atoms with Crippen molar-refractivity contribution in [2.75, 3.05) is 13.7 Å². The van der Waals surface area contributed by atoms with Gasteiger partial charge in [-0.15, -0.1) is 0 Å². The molecule has 0 saturated heterocycles. The summed E-state index contributed by atoms with van der Waals surface area (Å²) in [4.78, 5) is 2.16. The molecular formula is C26H23N5O. The fraction of sp³-hybridized carbons (Fsp3) is 0.269. The number of nitrogens with zero attached hydrogens (tertiary/aromatic N) is 4. The SMILES string of the molecule is COc1ccc([C@@H]2[C@H]3CN(Cc4ccccc4)C=CC3=C(C#N)[C@@H](N)C2(C#N)C#N)cc1. The van der Waals surface area contributed by atoms with E-state index in [1.165, 1.54) is 0 Å². The first kappa shape index (κ1) is 21.2. The van der Waals surface area contributed by atoms with E-state index < -0.39 is 17.4 Å². The van der Waals surface area contributed by atoms with Crippen LogP contribution in [0.2, 0.25) is 0 Å². The van der Waals surface area contributed by atoms with Gasteiger partial charge < -0.3 is 15.4 Å². The van der Waals surface area contributed by atoms with Crippen molar-refractivity contribution in [3.63, 3.8) is 0 Å². The summed E-state index contributed by atoms with van der Waals surface area (Å²) in [6.07, 6.45) is 3.89. The van der Waals surface area contributed by atoms with E-state index in [0.29, 0.717) is 24.4 Å². The second-order valence-electron chi connectivity index (χ2n) is 8.14. The minimum Gasteiger partial charge on any atom is -0.497 e. The summed E-state index contributed by atoms with van der Waals surface area (Å²) < 4.78 is 5.28. The molecule has 4 rings (SSSR count). The molecule has 0 bridgehead atoms. The molecular weight excluding hydrogens is 398 g/mol. The van der Waals surface area contributed by atoms with Gasteiger partial charge in [-0.3, -0.25) is 0 Å². The normalized spacial score (nSPS) is 23.5. The lowest BCUT2D eigenvalue weighted by atomic mass is 9.56. The summed E-state index contributed by atoms with van der Waals surface area (Å²) >= 11 is 0. The monoisotopic (exact) mass is 421 g/mol. The summed E-state index contributed by atoms with van der Waals surface area (Å²) in [5, 5.41) is 30.3. The highest BCUT2D eigenvalue weighted by Gasteiger charge is 2.56. The van der Waals surface area contributed by atoms with Crippen LogP contribution in [0.1, 0.15) is 17.0 Å². The predicted octanol–water partition coefficient (Wildman–Crippen LogP) is 3.62. The Morgan fingerprint density at radius 2 is 1.75 bits per heavy atom. The molecule has 1 aliphatic heterocycles. The fourth-order valence-corrected chi connectivity index (χ4v) is 4.89. The number of ether oxygens (including phenoxy) is 1. The number of methoxy groups -OCH3 is 1. The van der Waals surface area contributed by atoms with Crippen molar-refractivity contribution < 1.29 is 4.74 Å². The van der Waals surface area contributed by atoms with Crippen LogP contribution in [0.15, 0.2) is 78.0 Å². The number of hydrogen-bond donors (Lipinski definition) is 1. The zero-order valence-corrected chi connectivity index (χ0v) is 17.8. The Hall–Kier alpha value is -4.05. The van der Waals surface area contributed by atoms with Gasteiger partial charge in [0.1, 0.15) is 5.75 Å². The number of allylic oxidation sites excluding steroid dienone is 1. The van der Waals surface area contributed by atoms with Crippen LogP contribution in [0.4, 0.5) is 0 Å². The van der Waals surface area contributed by atoms with Gasteiger partial charge in [0.05, 0.1) is 36.9 Å². The molecule has 158 valence electrons. The molecule has 0 unspecified atom stereocenters. The molecule has 0 radical (unpaired) electrons. The standard InChI is InChI=1S/C26H23N5O/c1-32-20-9-7-19(8-10-20)24-23-15-31(14-18-5-3-2-4-6-18)12-11-21(23)22(13-27)25(30)26(24,16-28)17-29/h2-12,23-25H,14-15,30H2,1H3/t23-,24+,25+/m0/s1. The molecule has 0 saturated carbocycles. The van der Waals surface area contributed by atoms with Gasteiger partial charge in [0, 0.05) is 24.9 Å². The quantitative estimate of drug-likeness (QED) is 0.807. The topological polar surface area (TPSA) is 110 Å². The fourth-order valence-electron chi connectivity index (χ4n) is 4.89. The van der Waals surface area contributed by atoms with E-state index in [0.717, 1.165) is 16.7 Å². The number of nitrogens with two attached hydrogens (primary N) is 1. The van der Waals surface area contributed by atoms with Crippen LogP contribution in [0.5, 0.6) is 5.75 Å². The number of rotatable bonds is 4. The molecule has 1 aliphatic carbocycles. The summed E-state index contributed by atoms with van der Waals surface area (Å²) in [6.45, 7) is 1.26. The molecule has 0 amide bonds. The maximum Gasteiger partial charge on any atom is 0.170 e. The zero-order chi connectivity index (χ0) is 22.7. The number of hydrogen-bond acceptors (Lipinski definition) is 6. The molecule has 0 aromatic heterocycles. The second kappa shape index (κ2) is 8.60. The summed E-state index contributed by atoms with van der Waals surface area (Å²) in [6, 6.07) is 23.1. The average Bonchev–Trinajstić information content (AvgIpc) is 2.84. The maximum atomic E-state index is 10.2. The highest BCUT2D eigenvalue weighted by atomic mass is 16.5. The van der Waals surface area contributed by atoms with Gasteiger partial charge in [0.15, 0.2) is 5.41 Å². The van der Waals surface area contributed by atoms with E-state index in [-0.39, 0.29) is 5.92 Å². The number of benzene rings is 2. The Kier molecular flexibility index (Phi) is 5.69. The second-order valence-corrected chi connectivity index (χ2v) is 8.14. The first-order chi connectivity index (χ1) is 15.6. The van der Waals surface area contributed by atoms with Gasteiger partial charge in [-0.05, 0) is 41.1 Å². The van der Waals surface area contributed by atoms with Gasteiger partial charge in [-0.25, -0.2) is 0 Å². The van der Waals surface area contributed by atoms with Crippen molar-refractivity contribution in [1.29, 1.82) is 15.8 Å². The van der Waals surface area contributed by atoms with Crippen molar-refractivity contribution in [2.45, 2.75) is 18.5 Å². The van der Waals surface area contributed by atoms with Gasteiger partial charge in [-0.2, -0.15) is 15.8 Å². The van der Waals surface area contributed by atoms with Crippen LogP contribution >= 0.6 is 0 Å². The minimum absolute atomic E-state index is 0.231. The van der Waals surface area contributed by atoms with Crippen molar-refractivity contribution in [1.82, 2.24) is 4.90 Å².